The Bertz CT molecular complexity index is 405. The standard InChI is InChI=1S/C16H26N2O2/c1-4-8-17-9-10-18-16(19)14-6-5-7-15(11-14)20-12-13(2)3/h5-7,11,13,17H,4,8-10,12H2,1-3H3,(H,18,19). The summed E-state index contributed by atoms with van der Waals surface area (Å²) in [7, 11) is 0. The maximum atomic E-state index is 12.0. The van der Waals surface area contributed by atoms with E-state index in [9.17, 15) is 4.79 Å². The third-order valence-corrected chi connectivity index (χ3v) is 2.69. The number of hydrogen-bond donors (Lipinski definition) is 2. The largest absolute Gasteiger partial charge is 0.493 e. The predicted octanol–water partition coefficient (Wildman–Crippen LogP) is 2.45. The van der Waals surface area contributed by atoms with E-state index in [4.69, 9.17) is 4.74 Å². The first-order valence-electron chi connectivity index (χ1n) is 7.35. The summed E-state index contributed by atoms with van der Waals surface area (Å²) in [5, 5.41) is 6.14. The normalized spacial score (nSPS) is 10.6. The minimum atomic E-state index is -0.0571. The second kappa shape index (κ2) is 9.37. The minimum absolute atomic E-state index is 0.0571. The van der Waals surface area contributed by atoms with Gasteiger partial charge in [-0.1, -0.05) is 26.8 Å². The summed E-state index contributed by atoms with van der Waals surface area (Å²) in [6, 6.07) is 7.32. The van der Waals surface area contributed by atoms with Gasteiger partial charge in [-0.2, -0.15) is 0 Å². The van der Waals surface area contributed by atoms with Crippen LogP contribution in [-0.4, -0.2) is 32.1 Å². The quantitative estimate of drug-likeness (QED) is 0.682. The molecule has 20 heavy (non-hydrogen) atoms. The number of amides is 1. The highest BCUT2D eigenvalue weighted by Gasteiger charge is 2.06. The van der Waals surface area contributed by atoms with Gasteiger partial charge in [-0.3, -0.25) is 4.79 Å². The van der Waals surface area contributed by atoms with Crippen LogP contribution in [0.3, 0.4) is 0 Å². The number of rotatable bonds is 9. The molecule has 0 saturated carbocycles. The van der Waals surface area contributed by atoms with Gasteiger partial charge < -0.3 is 15.4 Å². The molecule has 4 heteroatoms. The van der Waals surface area contributed by atoms with Gasteiger partial charge in [0.05, 0.1) is 6.61 Å². The van der Waals surface area contributed by atoms with Crippen molar-refractivity contribution in [1.29, 1.82) is 0 Å². The van der Waals surface area contributed by atoms with Crippen LogP contribution in [0, 0.1) is 5.92 Å². The Morgan fingerprint density at radius 1 is 1.25 bits per heavy atom. The van der Waals surface area contributed by atoms with Crippen molar-refractivity contribution in [3.8, 4) is 5.75 Å². The Morgan fingerprint density at radius 2 is 2.05 bits per heavy atom. The number of carbonyl (C=O) groups is 1. The summed E-state index contributed by atoms with van der Waals surface area (Å²) < 4.78 is 5.62. The number of carbonyl (C=O) groups excluding carboxylic acids is 1. The van der Waals surface area contributed by atoms with E-state index < -0.39 is 0 Å². The zero-order chi connectivity index (χ0) is 14.8. The van der Waals surface area contributed by atoms with Gasteiger partial charge >= 0.3 is 0 Å². The number of benzene rings is 1. The summed E-state index contributed by atoms with van der Waals surface area (Å²) in [6.45, 7) is 9.38. The first-order valence-corrected chi connectivity index (χ1v) is 7.35. The van der Waals surface area contributed by atoms with Crippen LogP contribution in [0.25, 0.3) is 0 Å². The van der Waals surface area contributed by atoms with Crippen LogP contribution in [0.5, 0.6) is 5.75 Å². The van der Waals surface area contributed by atoms with Crippen molar-refractivity contribution in [2.45, 2.75) is 27.2 Å². The Morgan fingerprint density at radius 3 is 2.75 bits per heavy atom. The number of ether oxygens (including phenoxy) is 1. The Balaban J connectivity index is 2.41. The molecule has 0 unspecified atom stereocenters. The maximum Gasteiger partial charge on any atom is 0.251 e. The van der Waals surface area contributed by atoms with Crippen molar-refractivity contribution in [2.24, 2.45) is 5.92 Å². The summed E-state index contributed by atoms with van der Waals surface area (Å²) in [5.41, 5.74) is 0.641. The molecule has 0 bridgehead atoms. The summed E-state index contributed by atoms with van der Waals surface area (Å²) in [5.74, 6) is 1.16. The molecule has 0 heterocycles. The molecule has 0 aliphatic rings. The lowest BCUT2D eigenvalue weighted by molar-refractivity contribution is 0.0953. The van der Waals surface area contributed by atoms with Gasteiger partial charge in [-0.15, -0.1) is 0 Å². The topological polar surface area (TPSA) is 50.4 Å². The van der Waals surface area contributed by atoms with E-state index in [0.717, 1.165) is 25.3 Å². The molecule has 0 radical (unpaired) electrons. The number of nitrogens with one attached hydrogen (secondary N) is 2. The molecule has 1 amide bonds. The lowest BCUT2D eigenvalue weighted by Gasteiger charge is -2.10. The Kier molecular flexibility index (Phi) is 7.73. The highest BCUT2D eigenvalue weighted by atomic mass is 16.5. The lowest BCUT2D eigenvalue weighted by atomic mass is 10.2. The molecule has 0 aromatic heterocycles. The highest BCUT2D eigenvalue weighted by molar-refractivity contribution is 5.94. The molecule has 0 aliphatic carbocycles. The van der Waals surface area contributed by atoms with Crippen LogP contribution in [0.2, 0.25) is 0 Å². The molecule has 0 spiro atoms. The SMILES string of the molecule is CCCNCCNC(=O)c1cccc(OCC(C)C)c1. The van der Waals surface area contributed by atoms with Crippen LogP contribution in [0.1, 0.15) is 37.6 Å². The van der Waals surface area contributed by atoms with E-state index >= 15 is 0 Å². The summed E-state index contributed by atoms with van der Waals surface area (Å²) in [6.07, 6.45) is 1.10. The highest BCUT2D eigenvalue weighted by Crippen LogP contribution is 2.14. The van der Waals surface area contributed by atoms with Gasteiger partial charge in [-0.05, 0) is 37.1 Å². The smallest absolute Gasteiger partial charge is 0.251 e. The van der Waals surface area contributed by atoms with E-state index in [0.29, 0.717) is 24.6 Å². The lowest BCUT2D eigenvalue weighted by Crippen LogP contribution is -2.32. The van der Waals surface area contributed by atoms with Gasteiger partial charge in [0.15, 0.2) is 0 Å². The van der Waals surface area contributed by atoms with E-state index in [1.165, 1.54) is 0 Å². The minimum Gasteiger partial charge on any atom is -0.493 e. The van der Waals surface area contributed by atoms with E-state index in [1.54, 1.807) is 12.1 Å². The molecule has 0 saturated heterocycles. The molecule has 1 aromatic rings. The second-order valence-electron chi connectivity index (χ2n) is 5.24. The fourth-order valence-electron chi connectivity index (χ4n) is 1.66. The fourth-order valence-corrected chi connectivity index (χ4v) is 1.66. The van der Waals surface area contributed by atoms with E-state index in [-0.39, 0.29) is 5.91 Å². The zero-order valence-electron chi connectivity index (χ0n) is 12.7. The van der Waals surface area contributed by atoms with Crippen LogP contribution in [0.4, 0.5) is 0 Å². The van der Waals surface area contributed by atoms with Crippen molar-refractivity contribution in [3.63, 3.8) is 0 Å². The molecule has 2 N–H and O–H groups in total. The Hall–Kier alpha value is -1.55. The molecule has 1 rings (SSSR count). The Labute approximate surface area is 121 Å². The predicted molar refractivity (Wildman–Crippen MR) is 82.3 cm³/mol. The van der Waals surface area contributed by atoms with Crippen LogP contribution in [-0.2, 0) is 0 Å². The molecule has 0 fully saturated rings. The van der Waals surface area contributed by atoms with Gasteiger partial charge in [0.2, 0.25) is 0 Å². The first-order chi connectivity index (χ1) is 9.63. The van der Waals surface area contributed by atoms with Gasteiger partial charge in [0.1, 0.15) is 5.75 Å². The average Bonchev–Trinajstić information content (AvgIpc) is 2.45. The fraction of sp³-hybridized carbons (Fsp3) is 0.562. The van der Waals surface area contributed by atoms with Crippen molar-refractivity contribution >= 4 is 5.91 Å². The van der Waals surface area contributed by atoms with Crippen molar-refractivity contribution in [1.82, 2.24) is 10.6 Å². The molecule has 112 valence electrons. The van der Waals surface area contributed by atoms with Crippen LogP contribution >= 0.6 is 0 Å². The van der Waals surface area contributed by atoms with Crippen molar-refractivity contribution in [3.05, 3.63) is 29.8 Å². The second-order valence-corrected chi connectivity index (χ2v) is 5.24. The molecular weight excluding hydrogens is 252 g/mol. The number of hydrogen-bond acceptors (Lipinski definition) is 3. The molecule has 1 aromatic carbocycles. The third kappa shape index (κ3) is 6.57. The van der Waals surface area contributed by atoms with Gasteiger partial charge in [0, 0.05) is 18.7 Å². The van der Waals surface area contributed by atoms with Gasteiger partial charge in [0.25, 0.3) is 5.91 Å². The van der Waals surface area contributed by atoms with Crippen molar-refractivity contribution < 1.29 is 9.53 Å². The molecular formula is C16H26N2O2. The van der Waals surface area contributed by atoms with Crippen LogP contribution in [0.15, 0.2) is 24.3 Å². The van der Waals surface area contributed by atoms with Crippen molar-refractivity contribution in [2.75, 3.05) is 26.2 Å². The van der Waals surface area contributed by atoms with E-state index in [1.807, 2.05) is 12.1 Å². The van der Waals surface area contributed by atoms with Gasteiger partial charge in [-0.25, -0.2) is 0 Å². The average molecular weight is 278 g/mol. The summed E-state index contributed by atoms with van der Waals surface area (Å²) >= 11 is 0. The third-order valence-electron chi connectivity index (χ3n) is 2.69. The molecule has 0 atom stereocenters. The summed E-state index contributed by atoms with van der Waals surface area (Å²) in [4.78, 5) is 12.0. The van der Waals surface area contributed by atoms with E-state index in [2.05, 4.69) is 31.4 Å². The molecule has 0 aliphatic heterocycles. The maximum absolute atomic E-state index is 12.0. The molecule has 4 nitrogen and oxygen atoms in total. The zero-order valence-corrected chi connectivity index (χ0v) is 12.7. The first kappa shape index (κ1) is 16.5. The monoisotopic (exact) mass is 278 g/mol. The van der Waals surface area contributed by atoms with Crippen LogP contribution < -0.4 is 15.4 Å².